The summed E-state index contributed by atoms with van der Waals surface area (Å²) >= 11 is 0. The molecule has 10 heteroatoms. The van der Waals surface area contributed by atoms with Gasteiger partial charge in [-0.25, -0.2) is 12.7 Å². The molecule has 0 atom stereocenters. The predicted molar refractivity (Wildman–Crippen MR) is 100 cm³/mol. The van der Waals surface area contributed by atoms with Gasteiger partial charge in [-0.2, -0.15) is 0 Å². The molecule has 0 saturated carbocycles. The molecule has 2 aromatic rings. The van der Waals surface area contributed by atoms with Gasteiger partial charge in [-0.1, -0.05) is 12.1 Å². The van der Waals surface area contributed by atoms with Gasteiger partial charge in [0.15, 0.2) is 5.76 Å². The monoisotopic (exact) mass is 417 g/mol. The minimum Gasteiger partial charge on any atom is -0.459 e. The largest absolute Gasteiger partial charge is 0.459 e. The third-order valence-corrected chi connectivity index (χ3v) is 6.93. The van der Waals surface area contributed by atoms with Gasteiger partial charge in [0.25, 0.3) is 21.8 Å². The van der Waals surface area contributed by atoms with Crippen molar-refractivity contribution in [3.05, 3.63) is 54.0 Å². The Hall–Kier alpha value is -3.14. The molecule has 0 unspecified atom stereocenters. The zero-order valence-electron chi connectivity index (χ0n) is 15.5. The second-order valence-electron chi connectivity index (χ2n) is 6.78. The molecular formula is C19H19N3O6S. The van der Waals surface area contributed by atoms with Crippen molar-refractivity contribution in [2.24, 2.45) is 0 Å². The minimum absolute atomic E-state index is 0.0255. The van der Waals surface area contributed by atoms with E-state index in [1.54, 1.807) is 34.1 Å². The average molecular weight is 417 g/mol. The Morgan fingerprint density at radius 3 is 2.31 bits per heavy atom. The summed E-state index contributed by atoms with van der Waals surface area (Å²) in [5.41, 5.74) is 0.130. The number of amides is 3. The van der Waals surface area contributed by atoms with Crippen LogP contribution < -0.4 is 0 Å². The highest BCUT2D eigenvalue weighted by atomic mass is 32.2. The average Bonchev–Trinajstić information content (AvgIpc) is 3.33. The van der Waals surface area contributed by atoms with Crippen LogP contribution >= 0.6 is 0 Å². The topological polar surface area (TPSA) is 108 Å². The van der Waals surface area contributed by atoms with E-state index in [0.717, 1.165) is 4.31 Å². The van der Waals surface area contributed by atoms with Crippen molar-refractivity contribution >= 4 is 27.7 Å². The highest BCUT2D eigenvalue weighted by Gasteiger charge is 2.41. The lowest BCUT2D eigenvalue weighted by Gasteiger charge is -2.34. The number of carbonyl (C=O) groups excluding carboxylic acids is 3. The van der Waals surface area contributed by atoms with Gasteiger partial charge >= 0.3 is 0 Å². The second kappa shape index (κ2) is 7.36. The molecule has 2 aliphatic rings. The Labute approximate surface area is 167 Å². The third kappa shape index (κ3) is 3.39. The van der Waals surface area contributed by atoms with Crippen LogP contribution in [0.5, 0.6) is 0 Å². The van der Waals surface area contributed by atoms with E-state index in [2.05, 4.69) is 0 Å². The van der Waals surface area contributed by atoms with Gasteiger partial charge in [0.2, 0.25) is 5.91 Å². The van der Waals surface area contributed by atoms with Crippen LogP contribution in [0.15, 0.2) is 52.0 Å². The Morgan fingerprint density at radius 1 is 0.966 bits per heavy atom. The molecule has 3 heterocycles. The summed E-state index contributed by atoms with van der Waals surface area (Å²) in [5, 5.41) is 0. The summed E-state index contributed by atoms with van der Waals surface area (Å²) in [7, 11) is -3.92. The standard InChI is InChI=1S/C19H19N3O6S/c23-17(20-9-11-21(12-10-20)19(25)15-5-3-13-28-15)7-8-22-18(24)14-4-1-2-6-16(14)29(22,26)27/h1-6,13H,7-12H2. The molecule has 29 heavy (non-hydrogen) atoms. The molecule has 1 fully saturated rings. The number of piperazine rings is 1. The molecule has 1 aromatic heterocycles. The summed E-state index contributed by atoms with van der Waals surface area (Å²) in [6, 6.07) is 9.24. The number of fused-ring (bicyclic) bond motifs is 1. The van der Waals surface area contributed by atoms with Crippen LogP contribution in [0.1, 0.15) is 27.3 Å². The zero-order chi connectivity index (χ0) is 20.6. The Bertz CT molecular complexity index is 1060. The van der Waals surface area contributed by atoms with Crippen molar-refractivity contribution in [1.29, 1.82) is 0 Å². The number of carbonyl (C=O) groups is 3. The number of nitrogens with zero attached hydrogens (tertiary/aromatic N) is 3. The third-order valence-electron chi connectivity index (χ3n) is 5.09. The smallest absolute Gasteiger partial charge is 0.289 e. The van der Waals surface area contributed by atoms with Crippen LogP contribution in [-0.4, -0.2) is 73.0 Å². The summed E-state index contributed by atoms with van der Waals surface area (Å²) < 4.78 is 30.9. The van der Waals surface area contributed by atoms with Gasteiger partial charge < -0.3 is 14.2 Å². The lowest BCUT2D eigenvalue weighted by atomic mass is 10.2. The summed E-state index contributed by atoms with van der Waals surface area (Å²) in [6.07, 6.45) is 1.32. The summed E-state index contributed by atoms with van der Waals surface area (Å²) in [6.45, 7) is 1.19. The second-order valence-corrected chi connectivity index (χ2v) is 8.61. The van der Waals surface area contributed by atoms with Gasteiger partial charge in [-0.05, 0) is 24.3 Å². The lowest BCUT2D eigenvalue weighted by Crippen LogP contribution is -2.51. The van der Waals surface area contributed by atoms with E-state index in [4.69, 9.17) is 4.42 Å². The number of sulfonamides is 1. The van der Waals surface area contributed by atoms with Gasteiger partial charge in [-0.3, -0.25) is 14.4 Å². The molecule has 152 valence electrons. The first-order valence-corrected chi connectivity index (χ1v) is 10.6. The molecular weight excluding hydrogens is 398 g/mol. The number of benzene rings is 1. The number of hydrogen-bond acceptors (Lipinski definition) is 6. The quantitative estimate of drug-likeness (QED) is 0.728. The number of hydrogen-bond donors (Lipinski definition) is 0. The van der Waals surface area contributed by atoms with E-state index in [0.29, 0.717) is 26.2 Å². The predicted octanol–water partition coefficient (Wildman–Crippen LogP) is 0.799. The molecule has 0 spiro atoms. The Morgan fingerprint density at radius 2 is 1.66 bits per heavy atom. The van der Waals surface area contributed by atoms with E-state index < -0.39 is 15.9 Å². The van der Waals surface area contributed by atoms with Crippen LogP contribution in [0, 0.1) is 0 Å². The molecule has 0 N–H and O–H groups in total. The fraction of sp³-hybridized carbons (Fsp3) is 0.316. The normalized spacial score (nSPS) is 18.1. The Kier molecular flexibility index (Phi) is 4.87. The van der Waals surface area contributed by atoms with Crippen molar-refractivity contribution in [1.82, 2.24) is 14.1 Å². The molecule has 0 radical (unpaired) electrons. The first-order valence-electron chi connectivity index (χ1n) is 9.16. The molecule has 1 aromatic carbocycles. The maximum Gasteiger partial charge on any atom is 0.289 e. The van der Waals surface area contributed by atoms with Crippen LogP contribution in [0.25, 0.3) is 0 Å². The maximum absolute atomic E-state index is 12.5. The minimum atomic E-state index is -3.92. The van der Waals surface area contributed by atoms with Crippen molar-refractivity contribution in [2.75, 3.05) is 32.7 Å². The van der Waals surface area contributed by atoms with Gasteiger partial charge in [0, 0.05) is 39.1 Å². The summed E-state index contributed by atoms with van der Waals surface area (Å²) in [4.78, 5) is 40.3. The van der Waals surface area contributed by atoms with Crippen LogP contribution in [-0.2, 0) is 14.8 Å². The van der Waals surface area contributed by atoms with Gasteiger partial charge in [0.05, 0.1) is 11.8 Å². The zero-order valence-corrected chi connectivity index (χ0v) is 16.3. The molecule has 4 rings (SSSR count). The van der Waals surface area contributed by atoms with Gasteiger partial charge in [-0.15, -0.1) is 0 Å². The number of furan rings is 1. The highest BCUT2D eigenvalue weighted by Crippen LogP contribution is 2.30. The lowest BCUT2D eigenvalue weighted by molar-refractivity contribution is -0.132. The van der Waals surface area contributed by atoms with E-state index in [1.807, 2.05) is 0 Å². The van der Waals surface area contributed by atoms with Gasteiger partial charge in [0.1, 0.15) is 4.90 Å². The summed E-state index contributed by atoms with van der Waals surface area (Å²) in [5.74, 6) is -0.841. The van der Waals surface area contributed by atoms with Crippen LogP contribution in [0.2, 0.25) is 0 Å². The van der Waals surface area contributed by atoms with Crippen LogP contribution in [0.3, 0.4) is 0 Å². The van der Waals surface area contributed by atoms with E-state index in [1.165, 1.54) is 18.4 Å². The Balaban J connectivity index is 1.33. The van der Waals surface area contributed by atoms with E-state index >= 15 is 0 Å². The molecule has 0 aliphatic carbocycles. The number of rotatable bonds is 4. The van der Waals surface area contributed by atoms with Crippen molar-refractivity contribution in [3.8, 4) is 0 Å². The first-order chi connectivity index (χ1) is 13.9. The fourth-order valence-corrected chi connectivity index (χ4v) is 5.09. The van der Waals surface area contributed by atoms with Crippen molar-refractivity contribution in [2.45, 2.75) is 11.3 Å². The fourth-order valence-electron chi connectivity index (χ4n) is 3.52. The molecule has 2 aliphatic heterocycles. The molecule has 1 saturated heterocycles. The van der Waals surface area contributed by atoms with Crippen LogP contribution in [0.4, 0.5) is 0 Å². The van der Waals surface area contributed by atoms with E-state index in [9.17, 15) is 22.8 Å². The first kappa shape index (κ1) is 19.2. The SMILES string of the molecule is O=C(CCN1C(=O)c2ccccc2S1(=O)=O)N1CCN(C(=O)c2ccco2)CC1. The van der Waals surface area contributed by atoms with E-state index in [-0.39, 0.29) is 41.0 Å². The molecule has 9 nitrogen and oxygen atoms in total. The molecule has 0 bridgehead atoms. The molecule has 3 amide bonds. The maximum atomic E-state index is 12.5. The highest BCUT2D eigenvalue weighted by molar-refractivity contribution is 7.90. The van der Waals surface area contributed by atoms with Crippen molar-refractivity contribution in [3.63, 3.8) is 0 Å². The van der Waals surface area contributed by atoms with Crippen molar-refractivity contribution < 1.29 is 27.2 Å².